The van der Waals surface area contributed by atoms with E-state index in [0.29, 0.717) is 28.7 Å². The number of carbonyl (C=O) groups is 1. The summed E-state index contributed by atoms with van der Waals surface area (Å²) >= 11 is 12.2. The number of hydrogen-bond donors (Lipinski definition) is 2. The summed E-state index contributed by atoms with van der Waals surface area (Å²) in [4.78, 5) is 11.8. The SMILES string of the molecule is Cc1ccc(Cl)c(NC(=O)CCNC(C)(C)C)c1Cl. The summed E-state index contributed by atoms with van der Waals surface area (Å²) in [5, 5.41) is 6.96. The van der Waals surface area contributed by atoms with E-state index < -0.39 is 0 Å². The molecule has 0 bridgehead atoms. The number of benzene rings is 1. The lowest BCUT2D eigenvalue weighted by molar-refractivity contribution is -0.116. The summed E-state index contributed by atoms with van der Waals surface area (Å²) in [5.41, 5.74) is 1.37. The highest BCUT2D eigenvalue weighted by Gasteiger charge is 2.13. The lowest BCUT2D eigenvalue weighted by Gasteiger charge is -2.20. The highest BCUT2D eigenvalue weighted by molar-refractivity contribution is 6.40. The number of anilines is 1. The van der Waals surface area contributed by atoms with Crippen molar-refractivity contribution >= 4 is 34.8 Å². The van der Waals surface area contributed by atoms with Crippen LogP contribution in [0.25, 0.3) is 0 Å². The maximum Gasteiger partial charge on any atom is 0.225 e. The van der Waals surface area contributed by atoms with Gasteiger partial charge in [-0.1, -0.05) is 29.3 Å². The van der Waals surface area contributed by atoms with E-state index in [4.69, 9.17) is 23.2 Å². The van der Waals surface area contributed by atoms with Gasteiger partial charge in [0.25, 0.3) is 0 Å². The van der Waals surface area contributed by atoms with E-state index in [0.717, 1.165) is 5.56 Å². The standard InChI is InChI=1S/C14H20Cl2N2O/c1-9-5-6-10(15)13(12(9)16)18-11(19)7-8-17-14(2,3)4/h5-6,17H,7-8H2,1-4H3,(H,18,19). The first kappa shape index (κ1) is 16.3. The van der Waals surface area contributed by atoms with Crippen LogP contribution in [0.15, 0.2) is 12.1 Å². The van der Waals surface area contributed by atoms with Gasteiger partial charge >= 0.3 is 0 Å². The molecule has 106 valence electrons. The maximum atomic E-state index is 11.8. The third kappa shape index (κ3) is 5.39. The normalized spacial score (nSPS) is 11.5. The van der Waals surface area contributed by atoms with Crippen molar-refractivity contribution in [3.8, 4) is 0 Å². The van der Waals surface area contributed by atoms with Crippen molar-refractivity contribution in [2.45, 2.75) is 39.7 Å². The minimum atomic E-state index is -0.105. The Balaban J connectivity index is 2.61. The van der Waals surface area contributed by atoms with E-state index in [1.54, 1.807) is 6.07 Å². The Labute approximate surface area is 124 Å². The topological polar surface area (TPSA) is 41.1 Å². The van der Waals surface area contributed by atoms with E-state index in [9.17, 15) is 4.79 Å². The molecular formula is C14H20Cl2N2O. The zero-order valence-electron chi connectivity index (χ0n) is 11.7. The zero-order chi connectivity index (χ0) is 14.6. The number of aryl methyl sites for hydroxylation is 1. The molecule has 1 aromatic carbocycles. The molecular weight excluding hydrogens is 283 g/mol. The molecule has 0 aromatic heterocycles. The predicted molar refractivity (Wildman–Crippen MR) is 82.2 cm³/mol. The van der Waals surface area contributed by atoms with Crippen molar-refractivity contribution in [3.05, 3.63) is 27.7 Å². The fourth-order valence-electron chi connectivity index (χ4n) is 1.52. The molecule has 0 saturated heterocycles. The molecule has 1 aromatic rings. The van der Waals surface area contributed by atoms with Gasteiger partial charge in [-0.15, -0.1) is 0 Å². The quantitative estimate of drug-likeness (QED) is 0.882. The van der Waals surface area contributed by atoms with E-state index in [-0.39, 0.29) is 11.4 Å². The second kappa shape index (κ2) is 6.60. The first-order valence-electron chi connectivity index (χ1n) is 6.20. The van der Waals surface area contributed by atoms with Crippen LogP contribution >= 0.6 is 23.2 Å². The molecule has 19 heavy (non-hydrogen) atoms. The van der Waals surface area contributed by atoms with Crippen LogP contribution in [0.2, 0.25) is 10.0 Å². The van der Waals surface area contributed by atoms with Gasteiger partial charge in [0.15, 0.2) is 0 Å². The summed E-state index contributed by atoms with van der Waals surface area (Å²) in [5.74, 6) is -0.105. The van der Waals surface area contributed by atoms with E-state index in [2.05, 4.69) is 31.4 Å². The fraction of sp³-hybridized carbons (Fsp3) is 0.500. The van der Waals surface area contributed by atoms with Crippen LogP contribution in [0.4, 0.5) is 5.69 Å². The Morgan fingerprint density at radius 1 is 1.26 bits per heavy atom. The Morgan fingerprint density at radius 2 is 1.89 bits per heavy atom. The summed E-state index contributed by atoms with van der Waals surface area (Å²) in [6.07, 6.45) is 0.373. The third-order valence-electron chi connectivity index (χ3n) is 2.56. The Hall–Kier alpha value is -0.770. The van der Waals surface area contributed by atoms with E-state index in [1.807, 2.05) is 13.0 Å². The van der Waals surface area contributed by atoms with Crippen LogP contribution < -0.4 is 10.6 Å². The van der Waals surface area contributed by atoms with E-state index in [1.165, 1.54) is 0 Å². The second-order valence-corrected chi connectivity index (χ2v) is 6.31. The number of halogens is 2. The zero-order valence-corrected chi connectivity index (χ0v) is 13.2. The minimum absolute atomic E-state index is 0.00109. The number of amides is 1. The average molecular weight is 303 g/mol. The monoisotopic (exact) mass is 302 g/mol. The second-order valence-electron chi connectivity index (χ2n) is 5.53. The maximum absolute atomic E-state index is 11.8. The summed E-state index contributed by atoms with van der Waals surface area (Å²) in [6.45, 7) is 8.64. The molecule has 3 nitrogen and oxygen atoms in total. The van der Waals surface area contributed by atoms with Gasteiger partial charge in [0, 0.05) is 18.5 Å². The predicted octanol–water partition coefficient (Wildman–Crippen LogP) is 4.02. The molecule has 1 rings (SSSR count). The molecule has 0 fully saturated rings. The molecule has 0 unspecified atom stereocenters. The van der Waals surface area contributed by atoms with Crippen molar-refractivity contribution in [2.75, 3.05) is 11.9 Å². The average Bonchev–Trinajstić information content (AvgIpc) is 2.28. The van der Waals surface area contributed by atoms with Crippen LogP contribution in [0.3, 0.4) is 0 Å². The van der Waals surface area contributed by atoms with Crippen LogP contribution in [-0.2, 0) is 4.79 Å². The third-order valence-corrected chi connectivity index (χ3v) is 3.36. The number of rotatable bonds is 4. The molecule has 1 amide bonds. The first-order chi connectivity index (χ1) is 8.70. The van der Waals surface area contributed by atoms with Gasteiger partial charge in [-0.3, -0.25) is 4.79 Å². The number of hydrogen-bond acceptors (Lipinski definition) is 2. The van der Waals surface area contributed by atoms with E-state index >= 15 is 0 Å². The molecule has 0 heterocycles. The Kier molecular flexibility index (Phi) is 5.65. The van der Waals surface area contributed by atoms with Gasteiger partial charge in [0.2, 0.25) is 5.91 Å². The minimum Gasteiger partial charge on any atom is -0.323 e. The number of nitrogens with one attached hydrogen (secondary N) is 2. The van der Waals surface area contributed by atoms with Crippen molar-refractivity contribution in [2.24, 2.45) is 0 Å². The van der Waals surface area contributed by atoms with Crippen molar-refractivity contribution < 1.29 is 4.79 Å². The van der Waals surface area contributed by atoms with Gasteiger partial charge in [-0.05, 0) is 39.3 Å². The smallest absolute Gasteiger partial charge is 0.225 e. The molecule has 0 aliphatic heterocycles. The Morgan fingerprint density at radius 3 is 2.47 bits per heavy atom. The van der Waals surface area contributed by atoms with Crippen molar-refractivity contribution in [3.63, 3.8) is 0 Å². The van der Waals surface area contributed by atoms with Gasteiger partial charge in [0.1, 0.15) is 0 Å². The molecule has 0 atom stereocenters. The first-order valence-corrected chi connectivity index (χ1v) is 6.96. The molecule has 0 aliphatic rings. The van der Waals surface area contributed by atoms with Crippen LogP contribution in [0.5, 0.6) is 0 Å². The van der Waals surface area contributed by atoms with Crippen molar-refractivity contribution in [1.29, 1.82) is 0 Å². The molecule has 5 heteroatoms. The summed E-state index contributed by atoms with van der Waals surface area (Å²) in [7, 11) is 0. The largest absolute Gasteiger partial charge is 0.323 e. The molecule has 0 saturated carbocycles. The molecule has 0 aliphatic carbocycles. The fourth-order valence-corrected chi connectivity index (χ4v) is 1.99. The van der Waals surface area contributed by atoms with Crippen LogP contribution in [-0.4, -0.2) is 18.0 Å². The summed E-state index contributed by atoms with van der Waals surface area (Å²) < 4.78 is 0. The highest BCUT2D eigenvalue weighted by atomic mass is 35.5. The van der Waals surface area contributed by atoms with Gasteiger partial charge in [-0.2, -0.15) is 0 Å². The van der Waals surface area contributed by atoms with Crippen LogP contribution in [0.1, 0.15) is 32.8 Å². The van der Waals surface area contributed by atoms with Crippen LogP contribution in [0, 0.1) is 6.92 Å². The molecule has 2 N–H and O–H groups in total. The lowest BCUT2D eigenvalue weighted by Crippen LogP contribution is -2.37. The highest BCUT2D eigenvalue weighted by Crippen LogP contribution is 2.32. The summed E-state index contributed by atoms with van der Waals surface area (Å²) in [6, 6.07) is 3.55. The van der Waals surface area contributed by atoms with Gasteiger partial charge in [0.05, 0.1) is 15.7 Å². The van der Waals surface area contributed by atoms with Gasteiger partial charge in [-0.25, -0.2) is 0 Å². The van der Waals surface area contributed by atoms with Crippen molar-refractivity contribution in [1.82, 2.24) is 5.32 Å². The van der Waals surface area contributed by atoms with Gasteiger partial charge < -0.3 is 10.6 Å². The molecule has 0 radical (unpaired) electrons. The Bertz CT molecular complexity index is 467. The number of carbonyl (C=O) groups excluding carboxylic acids is 1. The molecule has 0 spiro atoms. The lowest BCUT2D eigenvalue weighted by atomic mass is 10.1.